The van der Waals surface area contributed by atoms with E-state index in [9.17, 15) is 14.9 Å². The van der Waals surface area contributed by atoms with E-state index in [2.05, 4.69) is 11.4 Å². The molecule has 9 heteroatoms. The molecule has 164 valence electrons. The van der Waals surface area contributed by atoms with E-state index in [0.717, 1.165) is 42.5 Å². The molecule has 1 aromatic carbocycles. The number of amides is 1. The summed E-state index contributed by atoms with van der Waals surface area (Å²) in [5.74, 6) is -0.290. The van der Waals surface area contributed by atoms with Crippen molar-refractivity contribution in [1.82, 2.24) is 0 Å². The number of nitriles is 1. The van der Waals surface area contributed by atoms with Crippen LogP contribution in [0.25, 0.3) is 0 Å². The SMILES string of the molecule is COc1cc(OC)c(C(=O)OCC(=O)Nc2sc3c(c2C#N)CCCCC3)cc1OC. The third kappa shape index (κ3) is 4.91. The number of benzene rings is 1. The molecule has 1 aromatic heterocycles. The molecule has 1 aliphatic rings. The van der Waals surface area contributed by atoms with Gasteiger partial charge in [-0.05, 0) is 31.2 Å². The van der Waals surface area contributed by atoms with Crippen molar-refractivity contribution in [2.24, 2.45) is 0 Å². The number of thiophene rings is 1. The summed E-state index contributed by atoms with van der Waals surface area (Å²) in [7, 11) is 4.33. The van der Waals surface area contributed by atoms with E-state index >= 15 is 0 Å². The number of nitrogens with one attached hydrogen (secondary N) is 1. The normalized spacial score (nSPS) is 12.7. The predicted molar refractivity (Wildman–Crippen MR) is 115 cm³/mol. The van der Waals surface area contributed by atoms with Gasteiger partial charge in [-0.3, -0.25) is 4.79 Å². The third-order valence-corrected chi connectivity index (χ3v) is 6.25. The number of nitrogens with zero attached hydrogens (tertiary/aromatic N) is 1. The first-order valence-corrected chi connectivity index (χ1v) is 10.7. The Labute approximate surface area is 184 Å². The molecule has 1 amide bonds. The number of hydrogen-bond donors (Lipinski definition) is 1. The van der Waals surface area contributed by atoms with Crippen molar-refractivity contribution in [3.8, 4) is 23.3 Å². The number of carbonyl (C=O) groups excluding carboxylic acids is 2. The Morgan fingerprint density at radius 3 is 2.39 bits per heavy atom. The number of aryl methyl sites for hydroxylation is 1. The molecule has 3 rings (SSSR count). The van der Waals surface area contributed by atoms with E-state index in [1.807, 2.05) is 0 Å². The molecule has 0 radical (unpaired) electrons. The minimum Gasteiger partial charge on any atom is -0.496 e. The van der Waals surface area contributed by atoms with Crippen LogP contribution in [0.4, 0.5) is 5.00 Å². The van der Waals surface area contributed by atoms with Crippen molar-refractivity contribution in [3.05, 3.63) is 33.7 Å². The highest BCUT2D eigenvalue weighted by molar-refractivity contribution is 7.16. The van der Waals surface area contributed by atoms with E-state index in [0.29, 0.717) is 22.1 Å². The first-order valence-electron chi connectivity index (χ1n) is 9.84. The lowest BCUT2D eigenvalue weighted by Crippen LogP contribution is -2.21. The Hall–Kier alpha value is -3.25. The monoisotopic (exact) mass is 444 g/mol. The zero-order valence-electron chi connectivity index (χ0n) is 17.7. The molecular formula is C22H24N2O6S. The Bertz CT molecular complexity index is 1020. The first-order chi connectivity index (χ1) is 15.0. The van der Waals surface area contributed by atoms with E-state index < -0.39 is 18.5 Å². The quantitative estimate of drug-likeness (QED) is 0.512. The lowest BCUT2D eigenvalue weighted by Gasteiger charge is -2.13. The second kappa shape index (κ2) is 10.2. The summed E-state index contributed by atoms with van der Waals surface area (Å²) in [5.41, 5.74) is 1.66. The average Bonchev–Trinajstić information content (AvgIpc) is 2.94. The zero-order chi connectivity index (χ0) is 22.4. The molecule has 0 aliphatic heterocycles. The van der Waals surface area contributed by atoms with Crippen LogP contribution in [0.2, 0.25) is 0 Å². The summed E-state index contributed by atoms with van der Waals surface area (Å²) in [6.45, 7) is -0.496. The van der Waals surface area contributed by atoms with Crippen LogP contribution in [0, 0.1) is 11.3 Å². The maximum Gasteiger partial charge on any atom is 0.342 e. The van der Waals surface area contributed by atoms with Crippen LogP contribution in [-0.2, 0) is 22.4 Å². The number of esters is 1. The number of methoxy groups -OCH3 is 3. The van der Waals surface area contributed by atoms with Gasteiger partial charge in [0.2, 0.25) is 0 Å². The topological polar surface area (TPSA) is 107 Å². The smallest absolute Gasteiger partial charge is 0.342 e. The minimum absolute atomic E-state index is 0.105. The molecule has 2 aromatic rings. The molecule has 0 saturated carbocycles. The van der Waals surface area contributed by atoms with Crippen LogP contribution < -0.4 is 19.5 Å². The summed E-state index contributed by atoms with van der Waals surface area (Å²) in [6.07, 6.45) is 5.02. The number of rotatable bonds is 7. The van der Waals surface area contributed by atoms with Gasteiger partial charge in [0.05, 0.1) is 26.9 Å². The molecule has 0 spiro atoms. The Morgan fingerprint density at radius 2 is 1.71 bits per heavy atom. The largest absolute Gasteiger partial charge is 0.496 e. The fraction of sp³-hybridized carbons (Fsp3) is 0.409. The lowest BCUT2D eigenvalue weighted by atomic mass is 10.1. The Balaban J connectivity index is 1.69. The van der Waals surface area contributed by atoms with Gasteiger partial charge in [0.1, 0.15) is 22.4 Å². The number of ether oxygens (including phenoxy) is 4. The standard InChI is InChI=1S/C22H24N2O6S/c1-27-16-10-18(29-3)17(28-2)9-14(16)22(26)30-12-20(25)24-21-15(11-23)13-7-5-4-6-8-19(13)31-21/h9-10H,4-8,12H2,1-3H3,(H,24,25). The minimum atomic E-state index is -0.740. The van der Waals surface area contributed by atoms with Crippen molar-refractivity contribution in [2.45, 2.75) is 32.1 Å². The number of fused-ring (bicyclic) bond motifs is 1. The molecule has 1 heterocycles. The maximum atomic E-state index is 12.5. The maximum absolute atomic E-state index is 12.5. The van der Waals surface area contributed by atoms with Gasteiger partial charge in [-0.15, -0.1) is 11.3 Å². The average molecular weight is 445 g/mol. The van der Waals surface area contributed by atoms with Gasteiger partial charge < -0.3 is 24.3 Å². The van der Waals surface area contributed by atoms with Crippen LogP contribution in [0.3, 0.4) is 0 Å². The molecule has 1 aliphatic carbocycles. The highest BCUT2D eigenvalue weighted by Crippen LogP contribution is 2.37. The van der Waals surface area contributed by atoms with Crippen LogP contribution in [0.5, 0.6) is 17.2 Å². The summed E-state index contributed by atoms with van der Waals surface area (Å²) in [6, 6.07) is 5.15. The van der Waals surface area contributed by atoms with Gasteiger partial charge in [-0.2, -0.15) is 5.26 Å². The number of anilines is 1. The van der Waals surface area contributed by atoms with Gasteiger partial charge in [0.25, 0.3) is 5.91 Å². The van der Waals surface area contributed by atoms with E-state index in [4.69, 9.17) is 18.9 Å². The van der Waals surface area contributed by atoms with Crippen LogP contribution in [0.1, 0.15) is 45.6 Å². The van der Waals surface area contributed by atoms with Crippen molar-refractivity contribution < 1.29 is 28.5 Å². The predicted octanol–water partition coefficient (Wildman–Crippen LogP) is 3.71. The molecule has 8 nitrogen and oxygen atoms in total. The molecule has 31 heavy (non-hydrogen) atoms. The van der Waals surface area contributed by atoms with Gasteiger partial charge >= 0.3 is 5.97 Å². The highest BCUT2D eigenvalue weighted by atomic mass is 32.1. The summed E-state index contributed by atoms with van der Waals surface area (Å²) >= 11 is 1.43. The second-order valence-corrected chi connectivity index (χ2v) is 8.02. The molecule has 0 saturated heterocycles. The van der Waals surface area contributed by atoms with E-state index in [1.54, 1.807) is 0 Å². The molecule has 0 atom stereocenters. The molecular weight excluding hydrogens is 420 g/mol. The van der Waals surface area contributed by atoms with Crippen LogP contribution >= 0.6 is 11.3 Å². The first kappa shape index (κ1) is 22.4. The number of hydrogen-bond acceptors (Lipinski definition) is 8. The van der Waals surface area contributed by atoms with Gasteiger partial charge in [-0.1, -0.05) is 6.42 Å². The van der Waals surface area contributed by atoms with Crippen molar-refractivity contribution in [1.29, 1.82) is 5.26 Å². The summed E-state index contributed by atoms with van der Waals surface area (Å²) in [5, 5.41) is 12.8. The van der Waals surface area contributed by atoms with E-state index in [-0.39, 0.29) is 11.3 Å². The Morgan fingerprint density at radius 1 is 1.03 bits per heavy atom. The summed E-state index contributed by atoms with van der Waals surface area (Å²) < 4.78 is 20.8. The van der Waals surface area contributed by atoms with E-state index in [1.165, 1.54) is 44.8 Å². The van der Waals surface area contributed by atoms with Crippen molar-refractivity contribution in [3.63, 3.8) is 0 Å². The molecule has 0 fully saturated rings. The third-order valence-electron chi connectivity index (χ3n) is 5.05. The van der Waals surface area contributed by atoms with Crippen LogP contribution in [0.15, 0.2) is 12.1 Å². The second-order valence-electron chi connectivity index (χ2n) is 6.91. The van der Waals surface area contributed by atoms with Crippen LogP contribution in [-0.4, -0.2) is 39.8 Å². The number of carbonyl (C=O) groups is 2. The highest BCUT2D eigenvalue weighted by Gasteiger charge is 2.23. The molecule has 0 unspecified atom stereocenters. The lowest BCUT2D eigenvalue weighted by molar-refractivity contribution is -0.119. The van der Waals surface area contributed by atoms with Crippen molar-refractivity contribution >= 4 is 28.2 Å². The summed E-state index contributed by atoms with van der Waals surface area (Å²) in [4.78, 5) is 26.1. The van der Waals surface area contributed by atoms with Gasteiger partial charge in [-0.25, -0.2) is 4.79 Å². The fourth-order valence-corrected chi connectivity index (χ4v) is 4.77. The Kier molecular flexibility index (Phi) is 7.36. The molecule has 1 N–H and O–H groups in total. The van der Waals surface area contributed by atoms with Crippen molar-refractivity contribution in [2.75, 3.05) is 33.3 Å². The molecule has 0 bridgehead atoms. The van der Waals surface area contributed by atoms with Gasteiger partial charge in [0, 0.05) is 17.0 Å². The zero-order valence-corrected chi connectivity index (χ0v) is 18.5. The van der Waals surface area contributed by atoms with Gasteiger partial charge in [0.15, 0.2) is 18.1 Å². The fourth-order valence-electron chi connectivity index (χ4n) is 3.51.